The average Bonchev–Trinajstić information content (AvgIpc) is 2.83. The Kier molecular flexibility index (Phi) is 3.54. The van der Waals surface area contributed by atoms with Crippen molar-refractivity contribution in [2.45, 2.75) is 28.5 Å². The number of fused-ring (bicyclic) bond motifs is 2. The van der Waals surface area contributed by atoms with Gasteiger partial charge >= 0.3 is 0 Å². The van der Waals surface area contributed by atoms with E-state index in [0.717, 1.165) is 28.1 Å². The summed E-state index contributed by atoms with van der Waals surface area (Å²) in [6.45, 7) is 2.13. The number of pyridine rings is 1. The molecule has 100 valence electrons. The van der Waals surface area contributed by atoms with Crippen molar-refractivity contribution in [3.63, 3.8) is 0 Å². The van der Waals surface area contributed by atoms with Gasteiger partial charge in [0.05, 0.1) is 7.11 Å². The molecular weight excluding hydrogens is 301 g/mol. The van der Waals surface area contributed by atoms with Crippen molar-refractivity contribution in [2.75, 3.05) is 7.11 Å². The molecule has 3 rings (SSSR count). The van der Waals surface area contributed by atoms with Crippen LogP contribution in [0.4, 0.5) is 0 Å². The second kappa shape index (κ2) is 5.04. The van der Waals surface area contributed by atoms with E-state index in [1.807, 2.05) is 12.1 Å². The molecule has 5 heteroatoms. The maximum atomic E-state index is 6.01. The van der Waals surface area contributed by atoms with E-state index in [4.69, 9.17) is 32.9 Å². The highest BCUT2D eigenvalue weighted by molar-refractivity contribution is 8.00. The molecule has 2 heterocycles. The quantitative estimate of drug-likeness (QED) is 0.768. The largest absolute Gasteiger partial charge is 0.494 e. The number of thioether (sulfide) groups is 1. The van der Waals surface area contributed by atoms with Gasteiger partial charge in [0.1, 0.15) is 21.1 Å². The highest BCUT2D eigenvalue weighted by atomic mass is 35.5. The predicted molar refractivity (Wildman–Crippen MR) is 81.9 cm³/mol. The van der Waals surface area contributed by atoms with E-state index in [1.165, 1.54) is 11.1 Å². The SMILES string of the molecule is COc1cccc2c(C)c3c(nc12)SC(C(Cl)Cl)C3. The molecule has 19 heavy (non-hydrogen) atoms. The van der Waals surface area contributed by atoms with Crippen LogP contribution in [0, 0.1) is 6.92 Å². The van der Waals surface area contributed by atoms with E-state index in [2.05, 4.69) is 13.0 Å². The van der Waals surface area contributed by atoms with Crippen molar-refractivity contribution in [3.8, 4) is 5.75 Å². The summed E-state index contributed by atoms with van der Waals surface area (Å²) < 4.78 is 5.39. The van der Waals surface area contributed by atoms with Crippen LogP contribution in [0.1, 0.15) is 11.1 Å². The lowest BCUT2D eigenvalue weighted by atomic mass is 10.0. The predicted octanol–water partition coefficient (Wildman–Crippen LogP) is 4.37. The van der Waals surface area contributed by atoms with Crippen molar-refractivity contribution in [3.05, 3.63) is 29.3 Å². The Hall–Kier alpha value is -0.640. The second-order valence-corrected chi connectivity index (χ2v) is 6.96. The first-order valence-electron chi connectivity index (χ1n) is 6.03. The Labute approximate surface area is 126 Å². The molecule has 0 aliphatic carbocycles. The third-order valence-electron chi connectivity index (χ3n) is 3.50. The molecule has 1 aliphatic rings. The monoisotopic (exact) mass is 313 g/mol. The van der Waals surface area contributed by atoms with Crippen molar-refractivity contribution in [2.24, 2.45) is 0 Å². The Bertz CT molecular complexity index is 645. The first kappa shape index (κ1) is 13.3. The Morgan fingerprint density at radius 3 is 2.89 bits per heavy atom. The Morgan fingerprint density at radius 2 is 2.21 bits per heavy atom. The van der Waals surface area contributed by atoms with Gasteiger partial charge in [-0.2, -0.15) is 0 Å². The number of hydrogen-bond donors (Lipinski definition) is 0. The van der Waals surface area contributed by atoms with Crippen LogP contribution >= 0.6 is 35.0 Å². The molecule has 1 unspecified atom stereocenters. The number of benzene rings is 1. The van der Waals surface area contributed by atoms with Gasteiger partial charge in [0, 0.05) is 10.6 Å². The van der Waals surface area contributed by atoms with Gasteiger partial charge in [-0.05, 0) is 30.5 Å². The molecule has 2 aromatic rings. The topological polar surface area (TPSA) is 22.1 Å². The minimum Gasteiger partial charge on any atom is -0.494 e. The summed E-state index contributed by atoms with van der Waals surface area (Å²) in [5.74, 6) is 0.806. The molecule has 0 fully saturated rings. The van der Waals surface area contributed by atoms with Crippen LogP contribution in [0.3, 0.4) is 0 Å². The normalized spacial score (nSPS) is 18.1. The third kappa shape index (κ3) is 2.18. The van der Waals surface area contributed by atoms with Crippen molar-refractivity contribution < 1.29 is 4.74 Å². The molecule has 0 bridgehead atoms. The van der Waals surface area contributed by atoms with Gasteiger partial charge in [0.2, 0.25) is 0 Å². The molecule has 0 saturated carbocycles. The lowest BCUT2D eigenvalue weighted by molar-refractivity contribution is 0.418. The number of halogens is 2. The van der Waals surface area contributed by atoms with Gasteiger partial charge < -0.3 is 4.74 Å². The van der Waals surface area contributed by atoms with E-state index < -0.39 is 0 Å². The fraction of sp³-hybridized carbons (Fsp3) is 0.357. The van der Waals surface area contributed by atoms with Gasteiger partial charge in [0.25, 0.3) is 0 Å². The molecule has 1 aromatic carbocycles. The van der Waals surface area contributed by atoms with Crippen LogP contribution in [-0.4, -0.2) is 22.2 Å². The molecular formula is C14H13Cl2NOS. The minimum atomic E-state index is -0.372. The summed E-state index contributed by atoms with van der Waals surface area (Å²) >= 11 is 13.7. The lowest BCUT2D eigenvalue weighted by Gasteiger charge is -2.10. The van der Waals surface area contributed by atoms with Gasteiger partial charge in [-0.1, -0.05) is 23.9 Å². The van der Waals surface area contributed by atoms with Crippen molar-refractivity contribution in [1.82, 2.24) is 4.98 Å². The smallest absolute Gasteiger partial charge is 0.145 e. The average molecular weight is 314 g/mol. The number of ether oxygens (including phenoxy) is 1. The van der Waals surface area contributed by atoms with Crippen LogP contribution in [0.2, 0.25) is 0 Å². The van der Waals surface area contributed by atoms with E-state index >= 15 is 0 Å². The van der Waals surface area contributed by atoms with Gasteiger partial charge in [-0.15, -0.1) is 23.2 Å². The second-order valence-electron chi connectivity index (χ2n) is 4.57. The number of nitrogens with zero attached hydrogens (tertiary/aromatic N) is 1. The number of aromatic nitrogens is 1. The first-order valence-corrected chi connectivity index (χ1v) is 7.78. The molecule has 0 amide bonds. The Balaban J connectivity index is 2.20. The van der Waals surface area contributed by atoms with Crippen LogP contribution < -0.4 is 4.74 Å². The summed E-state index contributed by atoms with van der Waals surface area (Å²) in [6.07, 6.45) is 0.879. The number of aryl methyl sites for hydroxylation is 1. The zero-order valence-corrected chi connectivity index (χ0v) is 12.9. The number of hydrogen-bond acceptors (Lipinski definition) is 3. The van der Waals surface area contributed by atoms with Gasteiger partial charge in [0.15, 0.2) is 0 Å². The molecule has 2 nitrogen and oxygen atoms in total. The third-order valence-corrected chi connectivity index (χ3v) is 5.71. The van der Waals surface area contributed by atoms with E-state index in [9.17, 15) is 0 Å². The summed E-state index contributed by atoms with van der Waals surface area (Å²) in [4.78, 5) is 4.37. The number of para-hydroxylation sites is 1. The van der Waals surface area contributed by atoms with Gasteiger partial charge in [-0.3, -0.25) is 0 Å². The minimum absolute atomic E-state index is 0.187. The van der Waals surface area contributed by atoms with Crippen LogP contribution in [0.5, 0.6) is 5.75 Å². The molecule has 1 atom stereocenters. The first-order chi connectivity index (χ1) is 9.11. The summed E-state index contributed by atoms with van der Waals surface area (Å²) in [5, 5.41) is 2.36. The fourth-order valence-electron chi connectivity index (χ4n) is 2.46. The van der Waals surface area contributed by atoms with Crippen LogP contribution in [0.25, 0.3) is 10.9 Å². The van der Waals surface area contributed by atoms with Crippen LogP contribution in [-0.2, 0) is 6.42 Å². The summed E-state index contributed by atoms with van der Waals surface area (Å²) in [7, 11) is 1.67. The van der Waals surface area contributed by atoms with E-state index in [1.54, 1.807) is 18.9 Å². The van der Waals surface area contributed by atoms with Crippen LogP contribution in [0.15, 0.2) is 23.2 Å². The molecule has 0 N–H and O–H groups in total. The van der Waals surface area contributed by atoms with E-state index in [0.29, 0.717) is 0 Å². The zero-order chi connectivity index (χ0) is 13.6. The maximum Gasteiger partial charge on any atom is 0.145 e. The number of methoxy groups -OCH3 is 1. The maximum absolute atomic E-state index is 6.01. The summed E-state index contributed by atoms with van der Waals surface area (Å²) in [5.41, 5.74) is 3.43. The molecule has 1 aliphatic heterocycles. The van der Waals surface area contributed by atoms with Crippen molar-refractivity contribution in [1.29, 1.82) is 0 Å². The number of rotatable bonds is 2. The molecule has 0 radical (unpaired) electrons. The summed E-state index contributed by atoms with van der Waals surface area (Å²) in [6, 6.07) is 6.01. The van der Waals surface area contributed by atoms with Crippen molar-refractivity contribution >= 4 is 45.9 Å². The zero-order valence-electron chi connectivity index (χ0n) is 10.6. The fourth-order valence-corrected chi connectivity index (χ4v) is 4.11. The number of alkyl halides is 2. The van der Waals surface area contributed by atoms with Gasteiger partial charge in [-0.25, -0.2) is 4.98 Å². The standard InChI is InChI=1S/C14H13Cl2NOS/c1-7-8-4-3-5-10(18-2)12(8)17-14-9(7)6-11(19-14)13(15)16/h3-5,11,13H,6H2,1-2H3. The molecule has 0 spiro atoms. The lowest BCUT2D eigenvalue weighted by Crippen LogP contribution is -2.10. The highest BCUT2D eigenvalue weighted by Crippen LogP contribution is 2.43. The molecule has 0 saturated heterocycles. The highest BCUT2D eigenvalue weighted by Gasteiger charge is 2.30. The Morgan fingerprint density at radius 1 is 1.42 bits per heavy atom. The van der Waals surface area contributed by atoms with E-state index in [-0.39, 0.29) is 10.1 Å². The molecule has 1 aromatic heterocycles.